The molecule has 3 heteroatoms. The lowest BCUT2D eigenvalue weighted by atomic mass is 9.99. The van der Waals surface area contributed by atoms with Crippen molar-refractivity contribution in [2.75, 3.05) is 7.11 Å². The van der Waals surface area contributed by atoms with E-state index in [4.69, 9.17) is 10.5 Å². The van der Waals surface area contributed by atoms with Gasteiger partial charge in [-0.2, -0.15) is 0 Å². The molecule has 1 atom stereocenters. The van der Waals surface area contributed by atoms with Crippen molar-refractivity contribution in [3.63, 3.8) is 0 Å². The summed E-state index contributed by atoms with van der Waals surface area (Å²) < 4.78 is 5.40. The molecule has 0 fully saturated rings. The van der Waals surface area contributed by atoms with Gasteiger partial charge in [-0.1, -0.05) is 30.7 Å². The van der Waals surface area contributed by atoms with Crippen molar-refractivity contribution in [3.8, 4) is 5.75 Å². The van der Waals surface area contributed by atoms with Gasteiger partial charge in [-0.15, -0.1) is 0 Å². The molecule has 0 aliphatic carbocycles. The first kappa shape index (κ1) is 14.5. The summed E-state index contributed by atoms with van der Waals surface area (Å²) >= 11 is 0. The molecular formula is C17H22N2O. The number of aromatic nitrogens is 1. The fraction of sp³-hybridized carbons (Fsp3) is 0.353. The SMILES string of the molecule is CCc1ccc(CC(N)c2cc(C)ccc2OC)nc1. The Hall–Kier alpha value is -1.87. The predicted molar refractivity (Wildman–Crippen MR) is 82.0 cm³/mol. The summed E-state index contributed by atoms with van der Waals surface area (Å²) in [6.45, 7) is 4.18. The van der Waals surface area contributed by atoms with E-state index >= 15 is 0 Å². The van der Waals surface area contributed by atoms with E-state index < -0.39 is 0 Å². The lowest BCUT2D eigenvalue weighted by Crippen LogP contribution is -2.15. The van der Waals surface area contributed by atoms with Gasteiger partial charge in [0.15, 0.2) is 0 Å². The highest BCUT2D eigenvalue weighted by Crippen LogP contribution is 2.26. The maximum absolute atomic E-state index is 6.32. The van der Waals surface area contributed by atoms with E-state index in [1.165, 1.54) is 11.1 Å². The zero-order valence-corrected chi connectivity index (χ0v) is 12.4. The molecular weight excluding hydrogens is 248 g/mol. The van der Waals surface area contributed by atoms with E-state index in [9.17, 15) is 0 Å². The van der Waals surface area contributed by atoms with Crippen LogP contribution in [0.5, 0.6) is 5.75 Å². The first-order valence-electron chi connectivity index (χ1n) is 6.98. The zero-order chi connectivity index (χ0) is 14.5. The Morgan fingerprint density at radius 1 is 1.25 bits per heavy atom. The predicted octanol–water partition coefficient (Wildman–Crippen LogP) is 3.20. The molecule has 1 aromatic heterocycles. The molecule has 20 heavy (non-hydrogen) atoms. The zero-order valence-electron chi connectivity index (χ0n) is 12.4. The summed E-state index contributed by atoms with van der Waals surface area (Å²) in [6.07, 6.45) is 3.64. The first-order valence-corrected chi connectivity index (χ1v) is 6.98. The van der Waals surface area contributed by atoms with E-state index in [1.807, 2.05) is 18.3 Å². The largest absolute Gasteiger partial charge is 0.496 e. The molecule has 1 unspecified atom stereocenters. The molecule has 106 valence electrons. The minimum absolute atomic E-state index is 0.107. The quantitative estimate of drug-likeness (QED) is 0.907. The number of aryl methyl sites for hydroxylation is 2. The number of hydrogen-bond acceptors (Lipinski definition) is 3. The fourth-order valence-electron chi connectivity index (χ4n) is 2.26. The van der Waals surface area contributed by atoms with Gasteiger partial charge in [0.2, 0.25) is 0 Å². The lowest BCUT2D eigenvalue weighted by Gasteiger charge is -2.16. The molecule has 2 N–H and O–H groups in total. The van der Waals surface area contributed by atoms with Gasteiger partial charge in [-0.25, -0.2) is 0 Å². The van der Waals surface area contributed by atoms with Crippen LogP contribution in [0.15, 0.2) is 36.5 Å². The van der Waals surface area contributed by atoms with Crippen LogP contribution in [0, 0.1) is 6.92 Å². The van der Waals surface area contributed by atoms with Crippen molar-refractivity contribution in [2.45, 2.75) is 32.7 Å². The summed E-state index contributed by atoms with van der Waals surface area (Å²) in [5, 5.41) is 0. The number of nitrogens with zero attached hydrogens (tertiary/aromatic N) is 1. The number of pyridine rings is 1. The maximum Gasteiger partial charge on any atom is 0.123 e. The van der Waals surface area contributed by atoms with E-state index in [0.717, 1.165) is 23.4 Å². The number of benzene rings is 1. The van der Waals surface area contributed by atoms with Gasteiger partial charge < -0.3 is 10.5 Å². The summed E-state index contributed by atoms with van der Waals surface area (Å²) in [5.74, 6) is 0.841. The van der Waals surface area contributed by atoms with E-state index in [-0.39, 0.29) is 6.04 Å². The van der Waals surface area contributed by atoms with Gasteiger partial charge in [0, 0.05) is 29.9 Å². The standard InChI is InChI=1S/C17H22N2O/c1-4-13-6-7-14(19-11-13)10-16(18)15-9-12(2)5-8-17(15)20-3/h5-9,11,16H,4,10,18H2,1-3H3. The summed E-state index contributed by atoms with van der Waals surface area (Å²) in [5.41, 5.74) is 10.8. The Balaban J connectivity index is 2.18. The monoisotopic (exact) mass is 270 g/mol. The van der Waals surface area contributed by atoms with E-state index in [2.05, 4.69) is 37.0 Å². The van der Waals surface area contributed by atoms with Crippen LogP contribution in [-0.2, 0) is 12.8 Å². The molecule has 0 aliphatic heterocycles. The Morgan fingerprint density at radius 2 is 2.05 bits per heavy atom. The smallest absolute Gasteiger partial charge is 0.123 e. The second-order valence-electron chi connectivity index (χ2n) is 5.07. The molecule has 0 saturated heterocycles. The average Bonchev–Trinajstić information content (AvgIpc) is 2.48. The van der Waals surface area contributed by atoms with Gasteiger partial charge in [-0.3, -0.25) is 4.98 Å². The third kappa shape index (κ3) is 3.36. The van der Waals surface area contributed by atoms with Crippen LogP contribution in [-0.4, -0.2) is 12.1 Å². The minimum atomic E-state index is -0.107. The number of hydrogen-bond donors (Lipinski definition) is 1. The van der Waals surface area contributed by atoms with Gasteiger partial charge in [0.1, 0.15) is 5.75 Å². The number of methoxy groups -OCH3 is 1. The Labute approximate surface area is 120 Å². The van der Waals surface area contributed by atoms with Crippen molar-refractivity contribution < 1.29 is 4.74 Å². The molecule has 0 bridgehead atoms. The maximum atomic E-state index is 6.32. The Kier molecular flexibility index (Phi) is 4.74. The van der Waals surface area contributed by atoms with Crippen LogP contribution in [0.3, 0.4) is 0 Å². The molecule has 1 aromatic carbocycles. The first-order chi connectivity index (χ1) is 9.63. The number of nitrogens with two attached hydrogens (primary N) is 1. The highest BCUT2D eigenvalue weighted by molar-refractivity contribution is 5.39. The Morgan fingerprint density at radius 3 is 2.65 bits per heavy atom. The Bertz CT molecular complexity index is 564. The lowest BCUT2D eigenvalue weighted by molar-refractivity contribution is 0.405. The molecule has 2 aromatic rings. The van der Waals surface area contributed by atoms with Crippen molar-refractivity contribution >= 4 is 0 Å². The topological polar surface area (TPSA) is 48.1 Å². The van der Waals surface area contributed by atoms with Crippen molar-refractivity contribution in [3.05, 3.63) is 58.9 Å². The van der Waals surface area contributed by atoms with Crippen molar-refractivity contribution in [1.29, 1.82) is 0 Å². The van der Waals surface area contributed by atoms with Crippen molar-refractivity contribution in [1.82, 2.24) is 4.98 Å². The van der Waals surface area contributed by atoms with Gasteiger partial charge in [0.05, 0.1) is 7.11 Å². The normalized spacial score (nSPS) is 12.2. The number of rotatable bonds is 5. The van der Waals surface area contributed by atoms with Crippen LogP contribution >= 0.6 is 0 Å². The molecule has 0 amide bonds. The highest BCUT2D eigenvalue weighted by atomic mass is 16.5. The fourth-order valence-corrected chi connectivity index (χ4v) is 2.26. The minimum Gasteiger partial charge on any atom is -0.496 e. The van der Waals surface area contributed by atoms with Gasteiger partial charge in [0.25, 0.3) is 0 Å². The molecule has 0 spiro atoms. The molecule has 0 aliphatic rings. The van der Waals surface area contributed by atoms with Crippen LogP contribution in [0.2, 0.25) is 0 Å². The molecule has 0 saturated carbocycles. The van der Waals surface area contributed by atoms with Gasteiger partial charge >= 0.3 is 0 Å². The van der Waals surface area contributed by atoms with Crippen LogP contribution in [0.4, 0.5) is 0 Å². The summed E-state index contributed by atoms with van der Waals surface area (Å²) in [6, 6.07) is 10.2. The number of ether oxygens (including phenoxy) is 1. The summed E-state index contributed by atoms with van der Waals surface area (Å²) in [4.78, 5) is 4.47. The molecule has 1 heterocycles. The molecule has 2 rings (SSSR count). The third-order valence-corrected chi connectivity index (χ3v) is 3.51. The third-order valence-electron chi connectivity index (χ3n) is 3.51. The van der Waals surface area contributed by atoms with Crippen LogP contribution in [0.25, 0.3) is 0 Å². The van der Waals surface area contributed by atoms with Gasteiger partial charge in [-0.05, 0) is 31.0 Å². The average molecular weight is 270 g/mol. The molecule has 3 nitrogen and oxygen atoms in total. The van der Waals surface area contributed by atoms with Crippen molar-refractivity contribution in [2.24, 2.45) is 5.73 Å². The van der Waals surface area contributed by atoms with Crippen LogP contribution < -0.4 is 10.5 Å². The second-order valence-corrected chi connectivity index (χ2v) is 5.07. The summed E-state index contributed by atoms with van der Waals surface area (Å²) in [7, 11) is 1.68. The van der Waals surface area contributed by atoms with Crippen LogP contribution in [0.1, 0.15) is 35.3 Å². The molecule has 0 radical (unpaired) electrons. The van der Waals surface area contributed by atoms with E-state index in [0.29, 0.717) is 6.42 Å². The second kappa shape index (κ2) is 6.53. The highest BCUT2D eigenvalue weighted by Gasteiger charge is 2.13. The van der Waals surface area contributed by atoms with E-state index in [1.54, 1.807) is 7.11 Å².